The zero-order valence-electron chi connectivity index (χ0n) is 27.9. The molecule has 4 aliphatic rings. The zero-order chi connectivity index (χ0) is 36.9. The third kappa shape index (κ3) is 5.22. The molecule has 266 valence electrons. The van der Waals surface area contributed by atoms with Crippen LogP contribution in [0.15, 0.2) is 60.7 Å². The van der Waals surface area contributed by atoms with Gasteiger partial charge in [0.2, 0.25) is 23.6 Å². The molecule has 8 N–H and O–H groups in total. The van der Waals surface area contributed by atoms with Crippen LogP contribution in [-0.4, -0.2) is 116 Å². The average Bonchev–Trinajstić information content (AvgIpc) is 3.63. The van der Waals surface area contributed by atoms with Crippen molar-refractivity contribution in [3.05, 3.63) is 71.8 Å². The molecule has 0 aliphatic carbocycles. The van der Waals surface area contributed by atoms with Crippen molar-refractivity contribution >= 4 is 29.5 Å². The smallest absolute Gasteiger partial charge is 0.251 e. The van der Waals surface area contributed by atoms with E-state index in [1.165, 1.54) is 14.7 Å². The second-order valence-corrected chi connectivity index (χ2v) is 14.1. The Labute approximate surface area is 293 Å². The number of nitrogens with zero attached hydrogens (tertiary/aromatic N) is 5. The first-order valence-electron chi connectivity index (χ1n) is 16.5. The van der Waals surface area contributed by atoms with E-state index in [0.717, 1.165) is 0 Å². The number of carbonyl (C=O) groups is 5. The molecule has 2 spiro atoms. The van der Waals surface area contributed by atoms with Crippen molar-refractivity contribution in [3.8, 4) is 12.1 Å². The van der Waals surface area contributed by atoms with Gasteiger partial charge in [-0.25, -0.2) is 0 Å². The molecule has 5 amide bonds. The molecule has 4 saturated heterocycles. The Balaban J connectivity index is 1.47. The highest BCUT2D eigenvalue weighted by Gasteiger charge is 2.72. The molecule has 6 rings (SSSR count). The zero-order valence-corrected chi connectivity index (χ0v) is 27.9. The lowest BCUT2D eigenvalue weighted by Crippen LogP contribution is -2.75. The van der Waals surface area contributed by atoms with Crippen molar-refractivity contribution in [1.29, 1.82) is 10.5 Å². The summed E-state index contributed by atoms with van der Waals surface area (Å²) in [6.45, 7) is -0.544. The molecule has 0 aromatic heterocycles. The molecule has 0 radical (unpaired) electrons. The fourth-order valence-corrected chi connectivity index (χ4v) is 8.60. The largest absolute Gasteiger partial charge is 0.394 e. The number of carbonyl (C=O) groups excluding carboxylic acids is 5. The van der Waals surface area contributed by atoms with E-state index in [1.807, 2.05) is 0 Å². The maximum atomic E-state index is 15.0. The van der Waals surface area contributed by atoms with Gasteiger partial charge < -0.3 is 41.7 Å². The normalized spacial score (nSPS) is 32.1. The van der Waals surface area contributed by atoms with E-state index in [0.29, 0.717) is 11.1 Å². The number of aliphatic hydroxyl groups is 2. The van der Waals surface area contributed by atoms with Gasteiger partial charge in [-0.2, -0.15) is 10.5 Å². The number of aliphatic hydroxyl groups excluding tert-OH is 2. The minimum Gasteiger partial charge on any atom is -0.394 e. The predicted molar refractivity (Wildman–Crippen MR) is 177 cm³/mol. The summed E-state index contributed by atoms with van der Waals surface area (Å²) in [6, 6.07) is 16.3. The second kappa shape index (κ2) is 12.7. The molecule has 16 nitrogen and oxygen atoms in total. The number of benzene rings is 2. The van der Waals surface area contributed by atoms with Crippen LogP contribution in [0.3, 0.4) is 0 Å². The van der Waals surface area contributed by atoms with E-state index in [9.17, 15) is 39.9 Å². The topological polar surface area (TPSA) is 259 Å². The van der Waals surface area contributed by atoms with Crippen LogP contribution in [0.4, 0.5) is 0 Å². The fourth-order valence-electron chi connectivity index (χ4n) is 8.60. The molecule has 2 aromatic carbocycles. The summed E-state index contributed by atoms with van der Waals surface area (Å²) >= 11 is 0. The molecule has 4 aliphatic heterocycles. The Bertz CT molecular complexity index is 1850. The molecular formula is C35H39N9O7. The summed E-state index contributed by atoms with van der Waals surface area (Å²) in [5, 5.41) is 48.0. The van der Waals surface area contributed by atoms with E-state index >= 15 is 4.79 Å². The van der Waals surface area contributed by atoms with Gasteiger partial charge in [0.15, 0.2) is 0 Å². The third-order valence-corrected chi connectivity index (χ3v) is 10.8. The average molecular weight is 698 g/mol. The van der Waals surface area contributed by atoms with Crippen LogP contribution in [0.5, 0.6) is 0 Å². The van der Waals surface area contributed by atoms with Crippen molar-refractivity contribution in [2.45, 2.75) is 60.5 Å². The van der Waals surface area contributed by atoms with Gasteiger partial charge in [0.25, 0.3) is 5.91 Å². The van der Waals surface area contributed by atoms with E-state index in [1.54, 1.807) is 67.6 Å². The van der Waals surface area contributed by atoms with Crippen LogP contribution in [0.2, 0.25) is 0 Å². The summed E-state index contributed by atoms with van der Waals surface area (Å²) in [5.41, 5.74) is 5.98. The third-order valence-electron chi connectivity index (χ3n) is 10.8. The van der Waals surface area contributed by atoms with Crippen molar-refractivity contribution in [1.82, 2.24) is 25.3 Å². The van der Waals surface area contributed by atoms with Crippen LogP contribution >= 0.6 is 0 Å². The highest BCUT2D eigenvalue weighted by atomic mass is 16.3. The van der Waals surface area contributed by atoms with Crippen LogP contribution in [0, 0.1) is 28.1 Å². The summed E-state index contributed by atoms with van der Waals surface area (Å²) in [5.74, 6) is -3.53. The molecule has 4 heterocycles. The molecule has 8 atom stereocenters. The number of nitrogens with two attached hydrogens (primary N) is 2. The van der Waals surface area contributed by atoms with Crippen molar-refractivity contribution in [3.63, 3.8) is 0 Å². The predicted octanol–water partition coefficient (Wildman–Crippen LogP) is -2.07. The number of nitriles is 2. The number of hydrogen-bond acceptors (Lipinski definition) is 11. The first kappa shape index (κ1) is 35.4. The molecule has 0 bridgehead atoms. The SMILES string of the molecule is CC1(C#N)CC2(CN(CC(N)=O)C2=O)N(C(=O)C(CO)NC2(C#N)CC3(CNC3=O)N(C(=O)C(N)CO)C2c2ccccc2)C1c1ccccc1. The van der Waals surface area contributed by atoms with E-state index < -0.39 is 95.5 Å². The second-order valence-electron chi connectivity index (χ2n) is 14.1. The van der Waals surface area contributed by atoms with Crippen LogP contribution in [0.1, 0.15) is 43.0 Å². The van der Waals surface area contributed by atoms with Gasteiger partial charge in [-0.05, 0) is 18.1 Å². The molecular weight excluding hydrogens is 658 g/mol. The Morgan fingerprint density at radius 3 is 1.96 bits per heavy atom. The quantitative estimate of drug-likeness (QED) is 0.147. The first-order chi connectivity index (χ1) is 24.3. The maximum absolute atomic E-state index is 15.0. The standard InChI is InChI=1S/C35H39N9O7/c1-32(17-36)15-35(20-42(31(35)51)12-25(39)47)43(26(32)21-8-4-2-5-9-21)29(49)24(14-46)41-33(18-37)16-34(19-40-30(34)50)44(28(48)23(38)13-45)27(33)22-10-6-3-7-11-22/h2-11,23-24,26-27,41,45-46H,12-16,19-20,38H2,1H3,(H2,39,47)(H,40,50). The highest BCUT2D eigenvalue weighted by molar-refractivity contribution is 6.01. The fraction of sp³-hybridized carbons (Fsp3) is 0.457. The summed E-state index contributed by atoms with van der Waals surface area (Å²) in [6.07, 6.45) is -0.404. The number of nitrogens with one attached hydrogen (secondary N) is 2. The number of amides is 5. The number of primary amides is 1. The Morgan fingerprint density at radius 2 is 1.51 bits per heavy atom. The van der Waals surface area contributed by atoms with Gasteiger partial charge in [0, 0.05) is 12.8 Å². The summed E-state index contributed by atoms with van der Waals surface area (Å²) in [7, 11) is 0. The monoisotopic (exact) mass is 697 g/mol. The van der Waals surface area contributed by atoms with Crippen LogP contribution in [0.25, 0.3) is 0 Å². The van der Waals surface area contributed by atoms with Gasteiger partial charge in [-0.3, -0.25) is 29.3 Å². The summed E-state index contributed by atoms with van der Waals surface area (Å²) < 4.78 is 0. The van der Waals surface area contributed by atoms with Crippen molar-refractivity contribution in [2.75, 3.05) is 32.8 Å². The van der Waals surface area contributed by atoms with E-state index in [2.05, 4.69) is 22.8 Å². The van der Waals surface area contributed by atoms with Crippen molar-refractivity contribution < 1.29 is 34.2 Å². The van der Waals surface area contributed by atoms with Gasteiger partial charge in [0.05, 0.1) is 62.5 Å². The lowest BCUT2D eigenvalue weighted by molar-refractivity contribution is -0.172. The lowest BCUT2D eigenvalue weighted by Gasteiger charge is -2.52. The number of likely N-dealkylation sites (tertiary alicyclic amines) is 3. The molecule has 51 heavy (non-hydrogen) atoms. The summed E-state index contributed by atoms with van der Waals surface area (Å²) in [4.78, 5) is 71.7. The van der Waals surface area contributed by atoms with Gasteiger partial charge >= 0.3 is 0 Å². The van der Waals surface area contributed by atoms with E-state index in [-0.39, 0.29) is 25.9 Å². The number of rotatable bonds is 10. The number of hydrogen-bond donors (Lipinski definition) is 6. The van der Waals surface area contributed by atoms with Gasteiger partial charge in [0.1, 0.15) is 28.7 Å². The Morgan fingerprint density at radius 1 is 0.922 bits per heavy atom. The number of β-lactam (4-membered cyclic amide) rings is 2. The highest BCUT2D eigenvalue weighted by Crippen LogP contribution is 2.58. The maximum Gasteiger partial charge on any atom is 0.251 e. The van der Waals surface area contributed by atoms with E-state index in [4.69, 9.17) is 11.5 Å². The van der Waals surface area contributed by atoms with Crippen molar-refractivity contribution in [2.24, 2.45) is 16.9 Å². The Hall–Kier alpha value is -5.39. The minimum absolute atomic E-state index is 0.0437. The minimum atomic E-state index is -1.90. The van der Waals surface area contributed by atoms with Crippen LogP contribution < -0.4 is 22.1 Å². The lowest BCUT2D eigenvalue weighted by atomic mass is 9.75. The first-order valence-corrected chi connectivity index (χ1v) is 16.5. The van der Waals surface area contributed by atoms with Gasteiger partial charge in [-0.1, -0.05) is 60.7 Å². The van der Waals surface area contributed by atoms with Gasteiger partial charge in [-0.15, -0.1) is 0 Å². The molecule has 4 fully saturated rings. The molecule has 2 aromatic rings. The molecule has 0 saturated carbocycles. The van der Waals surface area contributed by atoms with Crippen LogP contribution in [-0.2, 0) is 24.0 Å². The molecule has 8 unspecified atom stereocenters. The molecule has 16 heteroatoms. The Kier molecular flexibility index (Phi) is 8.85.